The van der Waals surface area contributed by atoms with Gasteiger partial charge in [-0.2, -0.15) is 0 Å². The Morgan fingerprint density at radius 3 is 2.80 bits per heavy atom. The molecule has 0 amide bonds. The summed E-state index contributed by atoms with van der Waals surface area (Å²) < 4.78 is 4.74. The Morgan fingerprint density at radius 2 is 2.08 bits per heavy atom. The molecule has 6 nitrogen and oxygen atoms in total. The van der Waals surface area contributed by atoms with Crippen molar-refractivity contribution in [2.24, 2.45) is 0 Å². The molecule has 2 aromatic heterocycles. The van der Waals surface area contributed by atoms with E-state index in [0.29, 0.717) is 34.5 Å². The number of nitrogens with two attached hydrogens (primary N) is 1. The minimum absolute atomic E-state index is 0.0489. The van der Waals surface area contributed by atoms with Gasteiger partial charge >= 0.3 is 5.97 Å². The molecule has 0 saturated carbocycles. The Balaban J connectivity index is 2.02. The molecule has 0 bridgehead atoms. The fourth-order valence-electron chi connectivity index (χ4n) is 2.60. The molecule has 0 aliphatic rings. The quantitative estimate of drug-likeness (QED) is 0.562. The van der Waals surface area contributed by atoms with E-state index < -0.39 is 5.97 Å². The van der Waals surface area contributed by atoms with E-state index in [0.717, 1.165) is 5.56 Å². The maximum absolute atomic E-state index is 11.8. The van der Waals surface area contributed by atoms with Crippen LogP contribution in [0.4, 0.5) is 5.69 Å². The molecule has 2 heterocycles. The van der Waals surface area contributed by atoms with Crippen LogP contribution in [0.15, 0.2) is 55.0 Å². The summed E-state index contributed by atoms with van der Waals surface area (Å²) in [6, 6.07) is 10.3. The van der Waals surface area contributed by atoms with Crippen molar-refractivity contribution in [1.29, 1.82) is 0 Å². The lowest BCUT2D eigenvalue weighted by Gasteiger charge is -2.11. The smallest absolute Gasteiger partial charge is 0.337 e. The second-order valence-electron chi connectivity index (χ2n) is 5.53. The number of carbonyl (C=O) groups excluding carboxylic acids is 1. The number of rotatable bonds is 4. The van der Waals surface area contributed by atoms with E-state index in [1.54, 1.807) is 36.8 Å². The molecule has 0 aliphatic carbocycles. The average Bonchev–Trinajstić information content (AvgIpc) is 2.63. The zero-order valence-corrected chi connectivity index (χ0v) is 13.6. The van der Waals surface area contributed by atoms with E-state index in [1.807, 2.05) is 12.1 Å². The topological polar surface area (TPSA) is 98.3 Å². The van der Waals surface area contributed by atoms with Gasteiger partial charge in [0.15, 0.2) is 0 Å². The molecular weight excluding hydrogens is 318 g/mol. The highest BCUT2D eigenvalue weighted by Gasteiger charge is 2.14. The predicted molar refractivity (Wildman–Crippen MR) is 94.1 cm³/mol. The summed E-state index contributed by atoms with van der Waals surface area (Å²) in [4.78, 5) is 20.1. The monoisotopic (exact) mass is 335 g/mol. The second-order valence-corrected chi connectivity index (χ2v) is 5.53. The number of nitrogens with zero attached hydrogens (tertiary/aromatic N) is 2. The first-order chi connectivity index (χ1) is 12.1. The molecule has 0 fully saturated rings. The highest BCUT2D eigenvalue weighted by Crippen LogP contribution is 2.33. The Bertz CT molecular complexity index is 911. The number of carbonyl (C=O) groups is 1. The summed E-state index contributed by atoms with van der Waals surface area (Å²) in [5.74, 6) is -0.439. The first-order valence-electron chi connectivity index (χ1n) is 7.63. The molecule has 6 heteroatoms. The number of aromatic hydroxyl groups is 1. The molecule has 126 valence electrons. The van der Waals surface area contributed by atoms with Crippen LogP contribution in [-0.2, 0) is 11.2 Å². The van der Waals surface area contributed by atoms with E-state index in [4.69, 9.17) is 10.5 Å². The van der Waals surface area contributed by atoms with Gasteiger partial charge in [0.2, 0.25) is 0 Å². The molecule has 0 saturated heterocycles. The van der Waals surface area contributed by atoms with Gasteiger partial charge in [-0.3, -0.25) is 9.97 Å². The van der Waals surface area contributed by atoms with Crippen molar-refractivity contribution >= 4 is 11.7 Å². The van der Waals surface area contributed by atoms with Gasteiger partial charge < -0.3 is 15.6 Å². The maximum Gasteiger partial charge on any atom is 0.337 e. The van der Waals surface area contributed by atoms with E-state index in [9.17, 15) is 9.90 Å². The lowest BCUT2D eigenvalue weighted by atomic mass is 9.99. The lowest BCUT2D eigenvalue weighted by Crippen LogP contribution is -2.03. The van der Waals surface area contributed by atoms with Crippen LogP contribution in [0.3, 0.4) is 0 Å². The zero-order valence-electron chi connectivity index (χ0n) is 13.6. The van der Waals surface area contributed by atoms with E-state index >= 15 is 0 Å². The van der Waals surface area contributed by atoms with Gasteiger partial charge in [-0.1, -0.05) is 6.07 Å². The molecule has 0 unspecified atom stereocenters. The van der Waals surface area contributed by atoms with Crippen molar-refractivity contribution in [1.82, 2.24) is 9.97 Å². The SMILES string of the molecule is COC(=O)c1cc(N)cc(-c2ccnc(Cc3cccnc3)c2O)c1. The zero-order chi connectivity index (χ0) is 17.8. The first-order valence-corrected chi connectivity index (χ1v) is 7.63. The van der Waals surface area contributed by atoms with Crippen molar-refractivity contribution in [3.05, 3.63) is 71.8 Å². The van der Waals surface area contributed by atoms with Gasteiger partial charge in [0, 0.05) is 36.3 Å². The van der Waals surface area contributed by atoms with Crippen molar-refractivity contribution < 1.29 is 14.6 Å². The molecule has 3 N–H and O–H groups in total. The van der Waals surface area contributed by atoms with Gasteiger partial charge in [-0.05, 0) is 41.5 Å². The van der Waals surface area contributed by atoms with Crippen LogP contribution >= 0.6 is 0 Å². The number of ether oxygens (including phenoxy) is 1. The van der Waals surface area contributed by atoms with Crippen LogP contribution in [0, 0.1) is 0 Å². The van der Waals surface area contributed by atoms with Crippen molar-refractivity contribution in [3.63, 3.8) is 0 Å². The van der Waals surface area contributed by atoms with Crippen LogP contribution < -0.4 is 5.73 Å². The van der Waals surface area contributed by atoms with Crippen molar-refractivity contribution in [2.45, 2.75) is 6.42 Å². The van der Waals surface area contributed by atoms with Crippen LogP contribution in [0.25, 0.3) is 11.1 Å². The Kier molecular flexibility index (Phi) is 4.61. The molecule has 0 spiro atoms. The highest BCUT2D eigenvalue weighted by atomic mass is 16.5. The molecule has 1 aromatic carbocycles. The second kappa shape index (κ2) is 7.00. The summed E-state index contributed by atoms with van der Waals surface area (Å²) in [5, 5.41) is 10.6. The normalized spacial score (nSPS) is 10.4. The third-order valence-corrected chi connectivity index (χ3v) is 3.78. The Labute approximate surface area is 144 Å². The molecule has 25 heavy (non-hydrogen) atoms. The molecule has 3 aromatic rings. The standard InChI is InChI=1S/C19H17N3O3/c1-25-19(24)14-8-13(9-15(20)10-14)16-4-6-22-17(18(16)23)7-12-3-2-5-21-11-12/h2-6,8-11,23H,7,20H2,1H3. The van der Waals surface area contributed by atoms with Gasteiger partial charge in [-0.15, -0.1) is 0 Å². The minimum Gasteiger partial charge on any atom is -0.505 e. The van der Waals surface area contributed by atoms with Crippen LogP contribution in [0.5, 0.6) is 5.75 Å². The summed E-state index contributed by atoms with van der Waals surface area (Å²) >= 11 is 0. The lowest BCUT2D eigenvalue weighted by molar-refractivity contribution is 0.0601. The van der Waals surface area contributed by atoms with Crippen molar-refractivity contribution in [2.75, 3.05) is 12.8 Å². The van der Waals surface area contributed by atoms with E-state index in [1.165, 1.54) is 13.2 Å². The number of hydrogen-bond donors (Lipinski definition) is 2. The van der Waals surface area contributed by atoms with Crippen LogP contribution in [-0.4, -0.2) is 28.2 Å². The number of nitrogen functional groups attached to an aromatic ring is 1. The van der Waals surface area contributed by atoms with Gasteiger partial charge in [0.05, 0.1) is 18.4 Å². The number of benzene rings is 1. The minimum atomic E-state index is -0.488. The third kappa shape index (κ3) is 3.58. The van der Waals surface area contributed by atoms with Gasteiger partial charge in [0.25, 0.3) is 0 Å². The molecule has 0 aliphatic heterocycles. The summed E-state index contributed by atoms with van der Waals surface area (Å²) in [7, 11) is 1.31. The highest BCUT2D eigenvalue weighted by molar-refractivity contribution is 5.92. The van der Waals surface area contributed by atoms with E-state index in [-0.39, 0.29) is 5.75 Å². The van der Waals surface area contributed by atoms with Crippen LogP contribution in [0.1, 0.15) is 21.6 Å². The third-order valence-electron chi connectivity index (χ3n) is 3.78. The first kappa shape index (κ1) is 16.4. The van der Waals surface area contributed by atoms with E-state index in [2.05, 4.69) is 9.97 Å². The summed E-state index contributed by atoms with van der Waals surface area (Å²) in [6.07, 6.45) is 5.47. The number of hydrogen-bond acceptors (Lipinski definition) is 6. The molecule has 3 rings (SSSR count). The average molecular weight is 335 g/mol. The molecule has 0 radical (unpaired) electrons. The van der Waals surface area contributed by atoms with Gasteiger partial charge in [0.1, 0.15) is 5.75 Å². The fourth-order valence-corrected chi connectivity index (χ4v) is 2.60. The van der Waals surface area contributed by atoms with Crippen molar-refractivity contribution in [3.8, 4) is 16.9 Å². The molecule has 0 atom stereocenters. The van der Waals surface area contributed by atoms with Crippen LogP contribution in [0.2, 0.25) is 0 Å². The van der Waals surface area contributed by atoms with Gasteiger partial charge in [-0.25, -0.2) is 4.79 Å². The molecular formula is C19H17N3O3. The number of pyridine rings is 2. The maximum atomic E-state index is 11.8. The number of anilines is 1. The number of methoxy groups -OCH3 is 1. The summed E-state index contributed by atoms with van der Waals surface area (Å²) in [6.45, 7) is 0. The number of aromatic nitrogens is 2. The Hall–Kier alpha value is -3.41. The largest absolute Gasteiger partial charge is 0.505 e. The predicted octanol–water partition coefficient (Wildman–Crippen LogP) is 2.81. The fraction of sp³-hybridized carbons (Fsp3) is 0.105. The Morgan fingerprint density at radius 1 is 1.24 bits per heavy atom. The summed E-state index contributed by atoms with van der Waals surface area (Å²) in [5.41, 5.74) is 9.24. The number of esters is 1.